The molecular weight excluding hydrogens is 350 g/mol. The van der Waals surface area contributed by atoms with Gasteiger partial charge in [-0.05, 0) is 62.9 Å². The number of amides is 1. The van der Waals surface area contributed by atoms with E-state index >= 15 is 0 Å². The first-order valence-corrected chi connectivity index (χ1v) is 9.86. The van der Waals surface area contributed by atoms with Crippen LogP contribution in [0.2, 0.25) is 0 Å². The third-order valence-corrected chi connectivity index (χ3v) is 5.81. The maximum atomic E-state index is 12.7. The molecule has 3 aromatic rings. The highest BCUT2D eigenvalue weighted by molar-refractivity contribution is 5.95. The molecule has 1 aliphatic rings. The number of carbonyl (C=O) groups is 1. The summed E-state index contributed by atoms with van der Waals surface area (Å²) in [6.45, 7) is 0. The van der Waals surface area contributed by atoms with Crippen molar-refractivity contribution in [2.24, 2.45) is 13.0 Å². The largest absolute Gasteiger partial charge is 0.310 e. The molecule has 1 fully saturated rings. The number of anilines is 1. The van der Waals surface area contributed by atoms with Gasteiger partial charge in [0.05, 0.1) is 6.20 Å². The lowest BCUT2D eigenvalue weighted by atomic mass is 9.85. The number of aromatic nitrogens is 3. The molecule has 0 radical (unpaired) electrons. The summed E-state index contributed by atoms with van der Waals surface area (Å²) in [6.07, 6.45) is 9.70. The molecule has 1 N–H and O–H groups in total. The molecule has 6 nitrogen and oxygen atoms in total. The van der Waals surface area contributed by atoms with Crippen LogP contribution in [0.1, 0.15) is 25.7 Å². The highest BCUT2D eigenvalue weighted by Crippen LogP contribution is 2.28. The Bertz CT molecular complexity index is 986. The number of rotatable bonds is 4. The molecule has 1 aromatic carbocycles. The van der Waals surface area contributed by atoms with Gasteiger partial charge in [-0.3, -0.25) is 9.48 Å². The van der Waals surface area contributed by atoms with Crippen molar-refractivity contribution in [2.45, 2.75) is 31.7 Å². The Balaban J connectivity index is 1.49. The fourth-order valence-electron chi connectivity index (χ4n) is 4.04. The van der Waals surface area contributed by atoms with E-state index < -0.39 is 0 Å². The van der Waals surface area contributed by atoms with E-state index in [4.69, 9.17) is 0 Å². The first kappa shape index (κ1) is 18.6. The molecule has 0 unspecified atom stereocenters. The summed E-state index contributed by atoms with van der Waals surface area (Å²) in [5, 5.41) is 9.38. The van der Waals surface area contributed by atoms with Gasteiger partial charge < -0.3 is 10.2 Å². The third-order valence-electron chi connectivity index (χ3n) is 5.81. The third kappa shape index (κ3) is 3.92. The van der Waals surface area contributed by atoms with Crippen molar-refractivity contribution in [2.75, 3.05) is 19.4 Å². The Kier molecular flexibility index (Phi) is 5.13. The molecule has 6 heteroatoms. The lowest BCUT2D eigenvalue weighted by Gasteiger charge is -2.31. The summed E-state index contributed by atoms with van der Waals surface area (Å²) < 4.78 is 1.79. The normalized spacial score (nSPS) is 19.9. The fourth-order valence-corrected chi connectivity index (χ4v) is 4.04. The molecule has 4 rings (SSSR count). The SMILES string of the molecule is Cn1cc(-c2ccc3cnc(NC(=O)[C@H]4CC[C@H](N(C)C)CC4)cc3c2)cn1. The Morgan fingerprint density at radius 1 is 1.07 bits per heavy atom. The van der Waals surface area contributed by atoms with E-state index in [9.17, 15) is 4.79 Å². The van der Waals surface area contributed by atoms with Crippen molar-refractivity contribution in [3.05, 3.63) is 42.9 Å². The van der Waals surface area contributed by atoms with Gasteiger partial charge >= 0.3 is 0 Å². The first-order chi connectivity index (χ1) is 13.5. The Labute approximate surface area is 165 Å². The van der Waals surface area contributed by atoms with Crippen molar-refractivity contribution in [1.82, 2.24) is 19.7 Å². The summed E-state index contributed by atoms with van der Waals surface area (Å²) in [5.41, 5.74) is 2.18. The first-order valence-electron chi connectivity index (χ1n) is 9.86. The highest BCUT2D eigenvalue weighted by Gasteiger charge is 2.27. The van der Waals surface area contributed by atoms with Crippen LogP contribution in [-0.2, 0) is 11.8 Å². The van der Waals surface area contributed by atoms with E-state index in [1.54, 1.807) is 4.68 Å². The van der Waals surface area contributed by atoms with Crippen LogP contribution < -0.4 is 5.32 Å². The predicted octanol–water partition coefficient (Wildman–Crippen LogP) is 3.69. The number of hydrogen-bond acceptors (Lipinski definition) is 4. The van der Waals surface area contributed by atoms with Gasteiger partial charge in [0, 0.05) is 42.4 Å². The van der Waals surface area contributed by atoms with Crippen molar-refractivity contribution < 1.29 is 4.79 Å². The van der Waals surface area contributed by atoms with Crippen LogP contribution in [0.4, 0.5) is 5.82 Å². The predicted molar refractivity (Wildman–Crippen MR) is 112 cm³/mol. The molecule has 1 amide bonds. The van der Waals surface area contributed by atoms with Crippen LogP contribution in [-0.4, -0.2) is 45.7 Å². The molecule has 2 aromatic heterocycles. The minimum absolute atomic E-state index is 0.0791. The van der Waals surface area contributed by atoms with Gasteiger partial charge in [-0.2, -0.15) is 5.10 Å². The summed E-state index contributed by atoms with van der Waals surface area (Å²) >= 11 is 0. The van der Waals surface area contributed by atoms with Crippen LogP contribution in [0.3, 0.4) is 0 Å². The zero-order valence-electron chi connectivity index (χ0n) is 16.7. The quantitative estimate of drug-likeness (QED) is 0.753. The number of nitrogens with zero attached hydrogens (tertiary/aromatic N) is 4. The van der Waals surface area contributed by atoms with Crippen LogP contribution >= 0.6 is 0 Å². The van der Waals surface area contributed by atoms with E-state index in [2.05, 4.69) is 52.6 Å². The summed E-state index contributed by atoms with van der Waals surface area (Å²) in [7, 11) is 6.14. The van der Waals surface area contributed by atoms with E-state index in [1.807, 2.05) is 31.7 Å². The number of hydrogen-bond donors (Lipinski definition) is 1. The molecule has 0 bridgehead atoms. The van der Waals surface area contributed by atoms with Gasteiger partial charge in [0.1, 0.15) is 5.82 Å². The lowest BCUT2D eigenvalue weighted by molar-refractivity contribution is -0.121. The summed E-state index contributed by atoms with van der Waals surface area (Å²) in [4.78, 5) is 19.4. The van der Waals surface area contributed by atoms with E-state index in [-0.39, 0.29) is 11.8 Å². The van der Waals surface area contributed by atoms with Gasteiger partial charge in [-0.15, -0.1) is 0 Å². The zero-order chi connectivity index (χ0) is 19.7. The molecule has 2 heterocycles. The number of carbonyl (C=O) groups excluding carboxylic acids is 1. The molecule has 0 atom stereocenters. The van der Waals surface area contributed by atoms with E-state index in [0.717, 1.165) is 47.6 Å². The van der Waals surface area contributed by atoms with Gasteiger partial charge in [0.15, 0.2) is 0 Å². The molecule has 1 aliphatic carbocycles. The van der Waals surface area contributed by atoms with Crippen molar-refractivity contribution in [3.8, 4) is 11.1 Å². The molecular formula is C22H27N5O. The zero-order valence-corrected chi connectivity index (χ0v) is 16.7. The Morgan fingerprint density at radius 3 is 2.54 bits per heavy atom. The number of pyridine rings is 1. The average Bonchev–Trinajstić information content (AvgIpc) is 3.14. The van der Waals surface area contributed by atoms with E-state index in [1.165, 1.54) is 0 Å². The van der Waals surface area contributed by atoms with Crippen LogP contribution in [0.25, 0.3) is 21.9 Å². The number of aryl methyl sites for hydroxylation is 1. The van der Waals surface area contributed by atoms with Crippen LogP contribution in [0, 0.1) is 5.92 Å². The highest BCUT2D eigenvalue weighted by atomic mass is 16.1. The topological polar surface area (TPSA) is 63.1 Å². The van der Waals surface area contributed by atoms with Crippen LogP contribution in [0.15, 0.2) is 42.9 Å². The van der Waals surface area contributed by atoms with Crippen LogP contribution in [0.5, 0.6) is 0 Å². The van der Waals surface area contributed by atoms with Gasteiger partial charge in [0.2, 0.25) is 5.91 Å². The summed E-state index contributed by atoms with van der Waals surface area (Å²) in [5.74, 6) is 0.790. The Morgan fingerprint density at radius 2 is 1.86 bits per heavy atom. The van der Waals surface area contributed by atoms with Gasteiger partial charge in [-0.1, -0.05) is 12.1 Å². The minimum atomic E-state index is 0.0791. The van der Waals surface area contributed by atoms with Crippen molar-refractivity contribution in [1.29, 1.82) is 0 Å². The molecule has 28 heavy (non-hydrogen) atoms. The van der Waals surface area contributed by atoms with E-state index in [0.29, 0.717) is 11.9 Å². The summed E-state index contributed by atoms with van der Waals surface area (Å²) in [6, 6.07) is 8.79. The van der Waals surface area contributed by atoms with Crippen molar-refractivity contribution >= 4 is 22.5 Å². The Hall–Kier alpha value is -2.73. The maximum Gasteiger partial charge on any atom is 0.228 e. The minimum Gasteiger partial charge on any atom is -0.310 e. The fraction of sp³-hybridized carbons (Fsp3) is 0.409. The van der Waals surface area contributed by atoms with Crippen molar-refractivity contribution in [3.63, 3.8) is 0 Å². The second-order valence-electron chi connectivity index (χ2n) is 7.99. The second kappa shape index (κ2) is 7.72. The molecule has 146 valence electrons. The lowest BCUT2D eigenvalue weighted by Crippen LogP contribution is -2.35. The molecule has 0 saturated heterocycles. The molecule has 0 spiro atoms. The van der Waals surface area contributed by atoms with Gasteiger partial charge in [0.25, 0.3) is 0 Å². The average molecular weight is 377 g/mol. The standard InChI is InChI=1S/C22H27N5O/c1-26(2)20-8-6-15(7-9-20)22(28)25-21-11-18-10-16(4-5-17(18)12-23-21)19-13-24-27(3)14-19/h4-5,10-15,20H,6-9H2,1-3H3,(H,23,25,28)/t15-,20-. The molecule has 1 saturated carbocycles. The second-order valence-corrected chi connectivity index (χ2v) is 7.99. The van der Waals surface area contributed by atoms with Gasteiger partial charge in [-0.25, -0.2) is 4.98 Å². The smallest absolute Gasteiger partial charge is 0.228 e. The molecule has 0 aliphatic heterocycles. The maximum absolute atomic E-state index is 12.7. The number of benzene rings is 1. The monoisotopic (exact) mass is 377 g/mol. The number of fused-ring (bicyclic) bond motifs is 1. The number of nitrogens with one attached hydrogen (secondary N) is 1.